The molecule has 0 unspecified atom stereocenters. The van der Waals surface area contributed by atoms with Gasteiger partial charge in [-0.1, -0.05) is 23.2 Å². The number of hydrogen-bond donors (Lipinski definition) is 0. The van der Waals surface area contributed by atoms with E-state index in [1.165, 1.54) is 6.07 Å². The summed E-state index contributed by atoms with van der Waals surface area (Å²) in [5, 5.41) is -0.377. The summed E-state index contributed by atoms with van der Waals surface area (Å²) in [4.78, 5) is 22.8. The summed E-state index contributed by atoms with van der Waals surface area (Å²) in [6.45, 7) is 1.78. The Labute approximate surface area is 107 Å². The van der Waals surface area contributed by atoms with Crippen molar-refractivity contribution in [1.82, 2.24) is 0 Å². The molecule has 0 N–H and O–H groups in total. The van der Waals surface area contributed by atoms with E-state index in [1.807, 2.05) is 0 Å². The third-order valence-electron chi connectivity index (χ3n) is 1.93. The smallest absolute Gasteiger partial charge is 0.313 e. The summed E-state index contributed by atoms with van der Waals surface area (Å²) in [5.74, 6) is -2.13. The second kappa shape index (κ2) is 5.98. The van der Waals surface area contributed by atoms with Crippen molar-refractivity contribution in [3.63, 3.8) is 0 Å². The number of rotatable bonds is 4. The highest BCUT2D eigenvalue weighted by molar-refractivity contribution is 6.40. The topological polar surface area (TPSA) is 43.4 Å². The zero-order valence-corrected chi connectivity index (χ0v) is 10.4. The first-order valence-electron chi connectivity index (χ1n) is 4.79. The minimum absolute atomic E-state index is 0.00528. The van der Waals surface area contributed by atoms with E-state index in [0.29, 0.717) is 0 Å². The van der Waals surface area contributed by atoms with Crippen LogP contribution in [0, 0.1) is 5.82 Å². The van der Waals surface area contributed by atoms with Crippen LogP contribution in [0.25, 0.3) is 0 Å². The largest absolute Gasteiger partial charge is 0.466 e. The molecule has 17 heavy (non-hydrogen) atoms. The Kier molecular flexibility index (Phi) is 4.90. The zero-order valence-electron chi connectivity index (χ0n) is 8.93. The molecule has 0 amide bonds. The molecule has 0 spiro atoms. The lowest BCUT2D eigenvalue weighted by Crippen LogP contribution is -2.12. The summed E-state index contributed by atoms with van der Waals surface area (Å²) in [5.41, 5.74) is -0.193. The first-order chi connectivity index (χ1) is 7.97. The lowest BCUT2D eigenvalue weighted by Gasteiger charge is -2.06. The fraction of sp³-hybridized carbons (Fsp3) is 0.273. The minimum atomic E-state index is -0.761. The molecular formula is C11H9Cl2FO3. The van der Waals surface area contributed by atoms with Crippen molar-refractivity contribution >= 4 is 35.0 Å². The number of carbonyl (C=O) groups excluding carboxylic acids is 2. The summed E-state index contributed by atoms with van der Waals surface area (Å²) in [6.07, 6.45) is -0.517. The molecule has 0 heterocycles. The van der Waals surface area contributed by atoms with Crippen LogP contribution >= 0.6 is 23.2 Å². The Morgan fingerprint density at radius 1 is 1.35 bits per heavy atom. The lowest BCUT2D eigenvalue weighted by molar-refractivity contribution is -0.141. The summed E-state index contributed by atoms with van der Waals surface area (Å²) in [7, 11) is 0. The lowest BCUT2D eigenvalue weighted by atomic mass is 10.1. The van der Waals surface area contributed by atoms with E-state index < -0.39 is 24.0 Å². The average molecular weight is 279 g/mol. The van der Waals surface area contributed by atoms with Gasteiger partial charge >= 0.3 is 5.97 Å². The molecule has 3 nitrogen and oxygen atoms in total. The molecule has 1 aromatic carbocycles. The molecule has 0 atom stereocenters. The normalized spacial score (nSPS) is 10.1. The van der Waals surface area contributed by atoms with Crippen molar-refractivity contribution in [3.05, 3.63) is 33.6 Å². The second-order valence-electron chi connectivity index (χ2n) is 3.12. The van der Waals surface area contributed by atoms with Crippen molar-refractivity contribution in [2.24, 2.45) is 0 Å². The molecular weight excluding hydrogens is 270 g/mol. The van der Waals surface area contributed by atoms with E-state index in [2.05, 4.69) is 4.74 Å². The van der Waals surface area contributed by atoms with Gasteiger partial charge in [0.05, 0.1) is 22.2 Å². The molecule has 0 fully saturated rings. The van der Waals surface area contributed by atoms with Gasteiger partial charge in [0.2, 0.25) is 0 Å². The second-order valence-corrected chi connectivity index (χ2v) is 3.91. The van der Waals surface area contributed by atoms with Crippen LogP contribution in [0.1, 0.15) is 23.7 Å². The highest BCUT2D eigenvalue weighted by Gasteiger charge is 2.20. The number of benzene rings is 1. The third kappa shape index (κ3) is 3.41. The maximum absolute atomic E-state index is 13.1. The molecule has 1 rings (SSSR count). The first-order valence-corrected chi connectivity index (χ1v) is 5.55. The van der Waals surface area contributed by atoms with Crippen molar-refractivity contribution in [2.45, 2.75) is 13.3 Å². The number of esters is 1. The van der Waals surface area contributed by atoms with Crippen LogP contribution in [-0.2, 0) is 9.53 Å². The van der Waals surface area contributed by atoms with E-state index in [0.717, 1.165) is 6.07 Å². The summed E-state index contributed by atoms with van der Waals surface area (Å²) >= 11 is 11.4. The summed E-state index contributed by atoms with van der Waals surface area (Å²) in [6, 6.07) is 2.26. The van der Waals surface area contributed by atoms with E-state index in [1.54, 1.807) is 6.92 Å². The number of halogens is 3. The number of ketones is 1. The van der Waals surface area contributed by atoms with Gasteiger partial charge in [0.15, 0.2) is 5.78 Å². The van der Waals surface area contributed by atoms with Crippen LogP contribution in [0.4, 0.5) is 4.39 Å². The maximum atomic E-state index is 13.1. The molecule has 0 bridgehead atoms. The average Bonchev–Trinajstić information content (AvgIpc) is 2.24. The van der Waals surface area contributed by atoms with E-state index >= 15 is 0 Å². The van der Waals surface area contributed by atoms with Gasteiger partial charge in [-0.2, -0.15) is 0 Å². The standard InChI is InChI=1S/C11H9Cl2FO3/c1-2-17-9(16)5-8(15)10-6(12)3-4-7(14)11(10)13/h3-4H,2,5H2,1H3. The van der Waals surface area contributed by atoms with Gasteiger partial charge in [0.25, 0.3) is 0 Å². The van der Waals surface area contributed by atoms with Gasteiger partial charge < -0.3 is 4.74 Å². The van der Waals surface area contributed by atoms with Crippen LogP contribution in [0.3, 0.4) is 0 Å². The quantitative estimate of drug-likeness (QED) is 0.367. The number of Topliss-reactive ketones (excluding diaryl/α,β-unsaturated/α-hetero) is 1. The number of hydrogen-bond acceptors (Lipinski definition) is 3. The predicted octanol–water partition coefficient (Wildman–Crippen LogP) is 3.27. The van der Waals surface area contributed by atoms with E-state index in [4.69, 9.17) is 23.2 Å². The molecule has 0 aliphatic carbocycles. The van der Waals surface area contributed by atoms with Gasteiger partial charge in [0, 0.05) is 0 Å². The van der Waals surface area contributed by atoms with Crippen LogP contribution in [0.5, 0.6) is 0 Å². The third-order valence-corrected chi connectivity index (χ3v) is 2.62. The highest BCUT2D eigenvalue weighted by atomic mass is 35.5. The molecule has 1 aromatic rings. The Hall–Kier alpha value is -1.13. The first kappa shape index (κ1) is 13.9. The Balaban J connectivity index is 2.97. The van der Waals surface area contributed by atoms with Crippen molar-refractivity contribution in [3.8, 4) is 0 Å². The van der Waals surface area contributed by atoms with Gasteiger partial charge in [-0.15, -0.1) is 0 Å². The molecule has 0 saturated carbocycles. The predicted molar refractivity (Wildman–Crippen MR) is 62.0 cm³/mol. The van der Waals surface area contributed by atoms with Crippen molar-refractivity contribution in [2.75, 3.05) is 6.61 Å². The van der Waals surface area contributed by atoms with E-state index in [-0.39, 0.29) is 22.2 Å². The maximum Gasteiger partial charge on any atom is 0.313 e. The molecule has 0 saturated heterocycles. The van der Waals surface area contributed by atoms with Crippen LogP contribution in [0.15, 0.2) is 12.1 Å². The van der Waals surface area contributed by atoms with Crippen molar-refractivity contribution in [1.29, 1.82) is 0 Å². The Morgan fingerprint density at radius 2 is 2.00 bits per heavy atom. The Bertz CT molecular complexity index is 460. The fourth-order valence-corrected chi connectivity index (χ4v) is 1.80. The van der Waals surface area contributed by atoms with Crippen molar-refractivity contribution < 1.29 is 18.7 Å². The Morgan fingerprint density at radius 3 is 2.59 bits per heavy atom. The fourth-order valence-electron chi connectivity index (χ4n) is 1.21. The highest BCUT2D eigenvalue weighted by Crippen LogP contribution is 2.28. The van der Waals surface area contributed by atoms with Crippen LogP contribution in [-0.4, -0.2) is 18.4 Å². The van der Waals surface area contributed by atoms with Gasteiger partial charge in [0.1, 0.15) is 12.2 Å². The molecule has 0 radical (unpaired) electrons. The molecule has 92 valence electrons. The van der Waals surface area contributed by atoms with Crippen LogP contribution < -0.4 is 0 Å². The van der Waals surface area contributed by atoms with E-state index in [9.17, 15) is 14.0 Å². The van der Waals surface area contributed by atoms with Gasteiger partial charge in [-0.05, 0) is 19.1 Å². The molecule has 0 aromatic heterocycles. The van der Waals surface area contributed by atoms with Crippen LogP contribution in [0.2, 0.25) is 10.0 Å². The zero-order chi connectivity index (χ0) is 13.0. The number of carbonyl (C=O) groups is 2. The summed E-state index contributed by atoms with van der Waals surface area (Å²) < 4.78 is 17.8. The van der Waals surface area contributed by atoms with Gasteiger partial charge in [-0.3, -0.25) is 9.59 Å². The monoisotopic (exact) mass is 278 g/mol. The SMILES string of the molecule is CCOC(=O)CC(=O)c1c(Cl)ccc(F)c1Cl. The number of ether oxygens (including phenoxy) is 1. The molecule has 0 aliphatic rings. The molecule has 0 aliphatic heterocycles. The molecule has 6 heteroatoms. The van der Waals surface area contributed by atoms with Gasteiger partial charge in [-0.25, -0.2) is 4.39 Å². The minimum Gasteiger partial charge on any atom is -0.466 e.